The van der Waals surface area contributed by atoms with Crippen LogP contribution in [0, 0.1) is 18.8 Å². The molecule has 2 nitrogen and oxygen atoms in total. The van der Waals surface area contributed by atoms with Crippen LogP contribution >= 0.6 is 11.3 Å². The van der Waals surface area contributed by atoms with Crippen molar-refractivity contribution < 1.29 is 0 Å². The number of hydrogen-bond acceptors (Lipinski definition) is 3. The molecule has 0 spiro atoms. The summed E-state index contributed by atoms with van der Waals surface area (Å²) in [4.78, 5) is 4.51. The van der Waals surface area contributed by atoms with Crippen LogP contribution in [0.25, 0.3) is 0 Å². The smallest absolute Gasteiger partial charge is 0.0930 e. The summed E-state index contributed by atoms with van der Waals surface area (Å²) < 4.78 is 0. The fourth-order valence-corrected chi connectivity index (χ4v) is 2.57. The summed E-state index contributed by atoms with van der Waals surface area (Å²) in [5.41, 5.74) is 1.16. The molecule has 0 aliphatic heterocycles. The van der Waals surface area contributed by atoms with E-state index in [9.17, 15) is 0 Å². The molecule has 1 aromatic rings. The van der Waals surface area contributed by atoms with Gasteiger partial charge < -0.3 is 5.32 Å². The fraction of sp³-hybridized carbons (Fsp3) is 0.769. The second kappa shape index (κ2) is 7.02. The van der Waals surface area contributed by atoms with Crippen molar-refractivity contribution in [2.24, 2.45) is 11.8 Å². The Bertz CT molecular complexity index is 294. The highest BCUT2D eigenvalue weighted by atomic mass is 32.1. The van der Waals surface area contributed by atoms with Crippen molar-refractivity contribution in [3.63, 3.8) is 0 Å². The number of rotatable bonds is 7. The molecular weight excluding hydrogens is 216 g/mol. The van der Waals surface area contributed by atoms with Gasteiger partial charge in [-0.15, -0.1) is 11.3 Å². The molecule has 1 N–H and O–H groups in total. The van der Waals surface area contributed by atoms with E-state index in [1.54, 1.807) is 11.3 Å². The average molecular weight is 240 g/mol. The molecule has 0 fully saturated rings. The maximum absolute atomic E-state index is 4.51. The van der Waals surface area contributed by atoms with Gasteiger partial charge in [0.2, 0.25) is 0 Å². The quantitative estimate of drug-likeness (QED) is 0.740. The number of aromatic nitrogens is 1. The zero-order chi connectivity index (χ0) is 12.0. The maximum Gasteiger partial charge on any atom is 0.0930 e. The van der Waals surface area contributed by atoms with Crippen molar-refractivity contribution in [1.29, 1.82) is 0 Å². The number of hydrogen-bond donors (Lipinski definition) is 1. The van der Waals surface area contributed by atoms with Crippen LogP contribution in [0.5, 0.6) is 0 Å². The second-order valence-corrected chi connectivity index (χ2v) is 6.02. The van der Waals surface area contributed by atoms with E-state index in [-0.39, 0.29) is 0 Å². The van der Waals surface area contributed by atoms with Gasteiger partial charge in [-0.2, -0.15) is 0 Å². The molecule has 0 saturated heterocycles. The lowest BCUT2D eigenvalue weighted by molar-refractivity contribution is 0.473. The van der Waals surface area contributed by atoms with E-state index < -0.39 is 0 Å². The van der Waals surface area contributed by atoms with Gasteiger partial charge in [0.25, 0.3) is 0 Å². The van der Waals surface area contributed by atoms with Crippen LogP contribution in [0.4, 0.5) is 0 Å². The third-order valence-electron chi connectivity index (χ3n) is 2.56. The zero-order valence-corrected chi connectivity index (χ0v) is 11.7. The first-order valence-corrected chi connectivity index (χ1v) is 7.07. The predicted molar refractivity (Wildman–Crippen MR) is 72.0 cm³/mol. The minimum absolute atomic E-state index is 0.727. The Kier molecular flexibility index (Phi) is 5.99. The maximum atomic E-state index is 4.51. The van der Waals surface area contributed by atoms with E-state index in [2.05, 4.69) is 43.4 Å². The van der Waals surface area contributed by atoms with Gasteiger partial charge in [-0.25, -0.2) is 4.98 Å². The van der Waals surface area contributed by atoms with Crippen molar-refractivity contribution in [2.45, 2.75) is 40.5 Å². The highest BCUT2D eigenvalue weighted by Crippen LogP contribution is 2.15. The Labute approximate surface area is 103 Å². The zero-order valence-electron chi connectivity index (χ0n) is 10.9. The summed E-state index contributed by atoms with van der Waals surface area (Å²) in [5, 5.41) is 6.91. The molecule has 0 radical (unpaired) electrons. The number of thiazole rings is 1. The standard InChI is InChI=1S/C13H24N2S/c1-10(2)8-14-6-5-11(3)7-13-15-12(4)9-16-13/h9-11,14H,5-8H2,1-4H3. The number of nitrogens with zero attached hydrogens (tertiary/aromatic N) is 1. The Morgan fingerprint density at radius 1 is 1.38 bits per heavy atom. The van der Waals surface area contributed by atoms with Crippen LogP contribution in [-0.4, -0.2) is 18.1 Å². The molecule has 0 amide bonds. The topological polar surface area (TPSA) is 24.9 Å². The van der Waals surface area contributed by atoms with E-state index in [1.807, 2.05) is 0 Å². The summed E-state index contributed by atoms with van der Waals surface area (Å²) in [5.74, 6) is 1.47. The van der Waals surface area contributed by atoms with Crippen LogP contribution in [-0.2, 0) is 6.42 Å². The third kappa shape index (κ3) is 5.61. The van der Waals surface area contributed by atoms with Crippen LogP contribution < -0.4 is 5.32 Å². The van der Waals surface area contributed by atoms with Crippen LogP contribution in [0.3, 0.4) is 0 Å². The van der Waals surface area contributed by atoms with Crippen molar-refractivity contribution in [3.05, 3.63) is 16.1 Å². The molecule has 1 unspecified atom stereocenters. The minimum Gasteiger partial charge on any atom is -0.316 e. The monoisotopic (exact) mass is 240 g/mol. The average Bonchev–Trinajstić information content (AvgIpc) is 2.58. The molecule has 0 aromatic carbocycles. The highest BCUT2D eigenvalue weighted by Gasteiger charge is 2.06. The third-order valence-corrected chi connectivity index (χ3v) is 3.55. The van der Waals surface area contributed by atoms with Gasteiger partial charge in [0.15, 0.2) is 0 Å². The summed E-state index contributed by atoms with van der Waals surface area (Å²) in [6.07, 6.45) is 2.37. The van der Waals surface area contributed by atoms with E-state index in [1.165, 1.54) is 11.4 Å². The normalized spacial score (nSPS) is 13.3. The molecule has 1 rings (SSSR count). The van der Waals surface area contributed by atoms with Crippen molar-refractivity contribution in [1.82, 2.24) is 10.3 Å². The van der Waals surface area contributed by atoms with Gasteiger partial charge in [0.05, 0.1) is 5.01 Å². The van der Waals surface area contributed by atoms with E-state index in [0.717, 1.165) is 37.0 Å². The lowest BCUT2D eigenvalue weighted by Crippen LogP contribution is -2.22. The number of aryl methyl sites for hydroxylation is 1. The Balaban J connectivity index is 2.13. The molecule has 0 bridgehead atoms. The Morgan fingerprint density at radius 3 is 2.69 bits per heavy atom. The van der Waals surface area contributed by atoms with Crippen LogP contribution in [0.1, 0.15) is 37.9 Å². The second-order valence-electron chi connectivity index (χ2n) is 5.08. The molecule has 0 aliphatic carbocycles. The van der Waals surface area contributed by atoms with E-state index in [4.69, 9.17) is 0 Å². The van der Waals surface area contributed by atoms with Gasteiger partial charge in [-0.05, 0) is 38.3 Å². The van der Waals surface area contributed by atoms with E-state index >= 15 is 0 Å². The number of nitrogens with one attached hydrogen (secondary N) is 1. The first kappa shape index (κ1) is 13.7. The fourth-order valence-electron chi connectivity index (χ4n) is 1.64. The molecule has 0 saturated carbocycles. The molecule has 92 valence electrons. The van der Waals surface area contributed by atoms with Gasteiger partial charge >= 0.3 is 0 Å². The molecule has 0 aliphatic rings. The van der Waals surface area contributed by atoms with Gasteiger partial charge in [0, 0.05) is 17.5 Å². The summed E-state index contributed by atoms with van der Waals surface area (Å²) in [6, 6.07) is 0. The molecule has 1 heterocycles. The lowest BCUT2D eigenvalue weighted by Gasteiger charge is -2.11. The summed E-state index contributed by atoms with van der Waals surface area (Å²) in [7, 11) is 0. The summed E-state index contributed by atoms with van der Waals surface area (Å²) >= 11 is 1.79. The van der Waals surface area contributed by atoms with Crippen molar-refractivity contribution in [2.75, 3.05) is 13.1 Å². The van der Waals surface area contributed by atoms with Crippen molar-refractivity contribution >= 4 is 11.3 Å². The molecule has 3 heteroatoms. The Morgan fingerprint density at radius 2 is 2.12 bits per heavy atom. The van der Waals surface area contributed by atoms with Gasteiger partial charge in [-0.3, -0.25) is 0 Å². The van der Waals surface area contributed by atoms with E-state index in [0.29, 0.717) is 0 Å². The SMILES string of the molecule is Cc1csc(CC(C)CCNCC(C)C)n1. The molecule has 16 heavy (non-hydrogen) atoms. The van der Waals surface area contributed by atoms with Crippen molar-refractivity contribution in [3.8, 4) is 0 Å². The first-order valence-electron chi connectivity index (χ1n) is 6.19. The molecular formula is C13H24N2S. The van der Waals surface area contributed by atoms with Crippen LogP contribution in [0.2, 0.25) is 0 Å². The predicted octanol–water partition coefficient (Wildman–Crippen LogP) is 3.27. The highest BCUT2D eigenvalue weighted by molar-refractivity contribution is 7.09. The van der Waals surface area contributed by atoms with Gasteiger partial charge in [0.1, 0.15) is 0 Å². The minimum atomic E-state index is 0.727. The van der Waals surface area contributed by atoms with Crippen LogP contribution in [0.15, 0.2) is 5.38 Å². The Hall–Kier alpha value is -0.410. The molecule has 1 atom stereocenters. The summed E-state index contributed by atoms with van der Waals surface area (Å²) in [6.45, 7) is 11.1. The van der Waals surface area contributed by atoms with Gasteiger partial charge in [-0.1, -0.05) is 20.8 Å². The lowest BCUT2D eigenvalue weighted by atomic mass is 10.0. The largest absolute Gasteiger partial charge is 0.316 e. The first-order chi connectivity index (χ1) is 7.58. The molecule has 1 aromatic heterocycles.